The third-order valence-corrected chi connectivity index (χ3v) is 5.14. The van der Waals surface area contributed by atoms with Gasteiger partial charge in [0.25, 0.3) is 5.56 Å². The summed E-state index contributed by atoms with van der Waals surface area (Å²) in [6.07, 6.45) is 0. The lowest BCUT2D eigenvalue weighted by Crippen LogP contribution is -2.48. The molecule has 0 radical (unpaired) electrons. The Bertz CT molecular complexity index is 1100. The molecule has 156 valence electrons. The van der Waals surface area contributed by atoms with E-state index in [1.165, 1.54) is 12.1 Å². The Balaban J connectivity index is 1.52. The van der Waals surface area contributed by atoms with E-state index >= 15 is 0 Å². The van der Waals surface area contributed by atoms with Crippen LogP contribution in [0.25, 0.3) is 5.69 Å². The van der Waals surface area contributed by atoms with Crippen LogP contribution in [0.3, 0.4) is 0 Å². The van der Waals surface area contributed by atoms with E-state index in [1.54, 1.807) is 36.4 Å². The highest BCUT2D eigenvalue weighted by molar-refractivity contribution is 5.50. The number of nitrogens with zero attached hydrogens (tertiary/aromatic N) is 3. The highest BCUT2D eigenvalue weighted by Gasteiger charge is 2.21. The lowest BCUT2D eigenvalue weighted by atomic mass is 10.2. The van der Waals surface area contributed by atoms with Gasteiger partial charge in [0.15, 0.2) is 0 Å². The molecule has 0 saturated carbocycles. The predicted molar refractivity (Wildman–Crippen MR) is 115 cm³/mol. The molecule has 0 spiro atoms. The molecule has 2 heterocycles. The maximum Gasteiger partial charge on any atom is 0.334 e. The van der Waals surface area contributed by atoms with Gasteiger partial charge < -0.3 is 14.5 Å². The van der Waals surface area contributed by atoms with Crippen molar-refractivity contribution in [3.8, 4) is 11.4 Å². The van der Waals surface area contributed by atoms with Gasteiger partial charge in [-0.3, -0.25) is 9.78 Å². The SMILES string of the molecule is CCOc1ccc(-n2c(=O)cc(N3CCN(c4ccccc4F)CC3)[nH]c2=O)cc1. The van der Waals surface area contributed by atoms with Crippen LogP contribution in [-0.2, 0) is 0 Å². The number of ether oxygens (including phenoxy) is 1. The van der Waals surface area contributed by atoms with E-state index in [0.29, 0.717) is 55.7 Å². The number of hydrogen-bond acceptors (Lipinski definition) is 5. The maximum absolute atomic E-state index is 14.0. The van der Waals surface area contributed by atoms with Crippen molar-refractivity contribution < 1.29 is 9.13 Å². The highest BCUT2D eigenvalue weighted by Crippen LogP contribution is 2.21. The Labute approximate surface area is 173 Å². The Morgan fingerprint density at radius 2 is 1.63 bits per heavy atom. The first kappa shape index (κ1) is 19.8. The molecule has 7 nitrogen and oxygen atoms in total. The summed E-state index contributed by atoms with van der Waals surface area (Å²) in [7, 11) is 0. The minimum Gasteiger partial charge on any atom is -0.494 e. The smallest absolute Gasteiger partial charge is 0.334 e. The molecule has 1 saturated heterocycles. The maximum atomic E-state index is 14.0. The fraction of sp³-hybridized carbons (Fsp3) is 0.273. The van der Waals surface area contributed by atoms with Gasteiger partial charge in [0, 0.05) is 32.2 Å². The number of aromatic amines is 1. The van der Waals surface area contributed by atoms with Crippen LogP contribution in [0.2, 0.25) is 0 Å². The number of nitrogens with one attached hydrogen (secondary N) is 1. The van der Waals surface area contributed by atoms with Crippen molar-refractivity contribution in [2.75, 3.05) is 42.6 Å². The molecule has 30 heavy (non-hydrogen) atoms. The largest absolute Gasteiger partial charge is 0.494 e. The summed E-state index contributed by atoms with van der Waals surface area (Å²) in [5.74, 6) is 0.896. The summed E-state index contributed by atoms with van der Waals surface area (Å²) in [6.45, 7) is 4.74. The quantitative estimate of drug-likeness (QED) is 0.700. The van der Waals surface area contributed by atoms with E-state index in [1.807, 2.05) is 22.8 Å². The monoisotopic (exact) mass is 410 g/mol. The zero-order valence-corrected chi connectivity index (χ0v) is 16.7. The molecule has 1 fully saturated rings. The van der Waals surface area contributed by atoms with Crippen LogP contribution < -0.4 is 25.8 Å². The molecule has 1 aromatic heterocycles. The van der Waals surface area contributed by atoms with E-state index in [2.05, 4.69) is 4.98 Å². The summed E-state index contributed by atoms with van der Waals surface area (Å²) in [5, 5.41) is 0. The molecular formula is C22H23FN4O3. The van der Waals surface area contributed by atoms with Crippen LogP contribution in [0.1, 0.15) is 6.92 Å². The lowest BCUT2D eigenvalue weighted by Gasteiger charge is -2.37. The van der Waals surface area contributed by atoms with Crippen molar-refractivity contribution >= 4 is 11.5 Å². The zero-order chi connectivity index (χ0) is 21.1. The number of aromatic nitrogens is 2. The second kappa shape index (κ2) is 8.44. The molecule has 1 aliphatic heterocycles. The molecule has 3 aromatic rings. The van der Waals surface area contributed by atoms with Crippen LogP contribution in [0.5, 0.6) is 5.75 Å². The zero-order valence-electron chi connectivity index (χ0n) is 16.7. The average molecular weight is 410 g/mol. The molecule has 0 atom stereocenters. The normalized spacial score (nSPS) is 14.1. The summed E-state index contributed by atoms with van der Waals surface area (Å²) >= 11 is 0. The predicted octanol–water partition coefficient (Wildman–Crippen LogP) is 2.39. The Hall–Kier alpha value is -3.55. The molecular weight excluding hydrogens is 387 g/mol. The standard InChI is InChI=1S/C22H23FN4O3/c1-2-30-17-9-7-16(8-10-17)27-21(28)15-20(24-22(27)29)26-13-11-25(12-14-26)19-6-4-3-5-18(19)23/h3-10,15H,2,11-14H2,1H3,(H,24,29). The summed E-state index contributed by atoms with van der Waals surface area (Å²) < 4.78 is 20.5. The van der Waals surface area contributed by atoms with Crippen molar-refractivity contribution in [3.05, 3.63) is 81.3 Å². The number of piperazine rings is 1. The van der Waals surface area contributed by atoms with Crippen LogP contribution in [0.4, 0.5) is 15.9 Å². The van der Waals surface area contributed by atoms with Gasteiger partial charge in [-0.25, -0.2) is 13.8 Å². The van der Waals surface area contributed by atoms with Crippen molar-refractivity contribution in [2.45, 2.75) is 6.92 Å². The van der Waals surface area contributed by atoms with Crippen LogP contribution in [0.15, 0.2) is 64.2 Å². The second-order valence-electron chi connectivity index (χ2n) is 6.99. The molecule has 0 amide bonds. The molecule has 4 rings (SSSR count). The second-order valence-corrected chi connectivity index (χ2v) is 6.99. The van der Waals surface area contributed by atoms with E-state index in [0.717, 1.165) is 4.57 Å². The fourth-order valence-electron chi connectivity index (χ4n) is 3.65. The number of rotatable bonds is 5. The summed E-state index contributed by atoms with van der Waals surface area (Å²) in [4.78, 5) is 32.0. The molecule has 8 heteroatoms. The third-order valence-electron chi connectivity index (χ3n) is 5.14. The average Bonchev–Trinajstić information content (AvgIpc) is 2.75. The van der Waals surface area contributed by atoms with Gasteiger partial charge >= 0.3 is 5.69 Å². The molecule has 0 aliphatic carbocycles. The van der Waals surface area contributed by atoms with Gasteiger partial charge in [0.2, 0.25) is 0 Å². The van der Waals surface area contributed by atoms with E-state index < -0.39 is 11.2 Å². The van der Waals surface area contributed by atoms with Gasteiger partial charge in [-0.15, -0.1) is 0 Å². The number of H-pyrrole nitrogens is 1. The molecule has 0 unspecified atom stereocenters. The topological polar surface area (TPSA) is 70.6 Å². The van der Waals surface area contributed by atoms with E-state index in [-0.39, 0.29) is 5.82 Å². The van der Waals surface area contributed by atoms with Crippen LogP contribution >= 0.6 is 0 Å². The first-order chi connectivity index (χ1) is 14.6. The van der Waals surface area contributed by atoms with Crippen LogP contribution in [0, 0.1) is 5.82 Å². The minimum absolute atomic E-state index is 0.252. The minimum atomic E-state index is -0.502. The van der Waals surface area contributed by atoms with Gasteiger partial charge in [-0.1, -0.05) is 12.1 Å². The first-order valence-electron chi connectivity index (χ1n) is 9.91. The summed E-state index contributed by atoms with van der Waals surface area (Å²) in [5.41, 5.74) is 0.129. The van der Waals surface area contributed by atoms with Crippen molar-refractivity contribution in [1.29, 1.82) is 0 Å². The number of benzene rings is 2. The van der Waals surface area contributed by atoms with Crippen molar-refractivity contribution in [3.63, 3.8) is 0 Å². The van der Waals surface area contributed by atoms with Crippen LogP contribution in [-0.4, -0.2) is 42.3 Å². The Kier molecular flexibility index (Phi) is 5.56. The molecule has 0 bridgehead atoms. The van der Waals surface area contributed by atoms with Gasteiger partial charge in [-0.2, -0.15) is 0 Å². The third kappa shape index (κ3) is 3.94. The number of para-hydroxylation sites is 1. The lowest BCUT2D eigenvalue weighted by molar-refractivity contribution is 0.340. The number of anilines is 2. The molecule has 1 N–H and O–H groups in total. The molecule has 2 aromatic carbocycles. The van der Waals surface area contributed by atoms with Crippen molar-refractivity contribution in [2.24, 2.45) is 0 Å². The van der Waals surface area contributed by atoms with E-state index in [9.17, 15) is 14.0 Å². The number of halogens is 1. The summed E-state index contributed by atoms with van der Waals surface area (Å²) in [6, 6.07) is 14.9. The first-order valence-corrected chi connectivity index (χ1v) is 9.91. The van der Waals surface area contributed by atoms with Crippen molar-refractivity contribution in [1.82, 2.24) is 9.55 Å². The fourth-order valence-corrected chi connectivity index (χ4v) is 3.65. The van der Waals surface area contributed by atoms with Gasteiger partial charge in [0.05, 0.1) is 18.0 Å². The van der Waals surface area contributed by atoms with Gasteiger partial charge in [0.1, 0.15) is 17.4 Å². The Morgan fingerprint density at radius 1 is 0.967 bits per heavy atom. The number of hydrogen-bond donors (Lipinski definition) is 1. The van der Waals surface area contributed by atoms with E-state index in [4.69, 9.17) is 4.74 Å². The Morgan fingerprint density at radius 3 is 2.27 bits per heavy atom. The highest BCUT2D eigenvalue weighted by atomic mass is 19.1. The molecule has 1 aliphatic rings. The van der Waals surface area contributed by atoms with Gasteiger partial charge in [-0.05, 0) is 43.3 Å².